The standard InChI is InChI=1S/C10H15N5O/c11-9(12)8-2-3-13-10(14-8)15-4-1-6-16-7-5-15/h2-3H,1,4-7H2,(H3,11,12). The van der Waals surface area contributed by atoms with Gasteiger partial charge in [0.2, 0.25) is 5.95 Å². The van der Waals surface area contributed by atoms with Gasteiger partial charge in [0.1, 0.15) is 11.5 Å². The molecule has 0 unspecified atom stereocenters. The minimum absolute atomic E-state index is 0.0327. The molecule has 2 rings (SSSR count). The molecule has 0 atom stereocenters. The normalized spacial score (nSPS) is 16.9. The van der Waals surface area contributed by atoms with Crippen LogP contribution in [0.3, 0.4) is 0 Å². The molecule has 1 aromatic rings. The first-order chi connectivity index (χ1) is 7.77. The Balaban J connectivity index is 2.18. The average molecular weight is 221 g/mol. The molecule has 0 bridgehead atoms. The molecule has 2 heterocycles. The van der Waals surface area contributed by atoms with Gasteiger partial charge in [-0.15, -0.1) is 0 Å². The van der Waals surface area contributed by atoms with E-state index in [1.807, 2.05) is 0 Å². The summed E-state index contributed by atoms with van der Waals surface area (Å²) < 4.78 is 5.36. The predicted octanol–water partition coefficient (Wildman–Crippen LogP) is -0.0126. The maximum atomic E-state index is 7.33. The van der Waals surface area contributed by atoms with Gasteiger partial charge in [-0.3, -0.25) is 5.41 Å². The van der Waals surface area contributed by atoms with Crippen molar-refractivity contribution in [2.45, 2.75) is 6.42 Å². The van der Waals surface area contributed by atoms with Crippen molar-refractivity contribution in [3.05, 3.63) is 18.0 Å². The second-order valence-electron chi connectivity index (χ2n) is 3.61. The van der Waals surface area contributed by atoms with Crippen LogP contribution in [0.2, 0.25) is 0 Å². The molecule has 1 saturated heterocycles. The molecule has 0 aliphatic carbocycles. The molecule has 6 nitrogen and oxygen atoms in total. The zero-order valence-corrected chi connectivity index (χ0v) is 9.02. The van der Waals surface area contributed by atoms with Gasteiger partial charge in [0.05, 0.1) is 6.61 Å². The van der Waals surface area contributed by atoms with Crippen molar-refractivity contribution in [1.82, 2.24) is 9.97 Å². The Morgan fingerprint density at radius 3 is 3.12 bits per heavy atom. The summed E-state index contributed by atoms with van der Waals surface area (Å²) >= 11 is 0. The van der Waals surface area contributed by atoms with E-state index in [1.54, 1.807) is 12.3 Å². The summed E-state index contributed by atoms with van der Waals surface area (Å²) in [6, 6.07) is 1.64. The molecule has 0 amide bonds. The maximum absolute atomic E-state index is 7.33. The SMILES string of the molecule is N=C(N)c1ccnc(N2CCCOCC2)n1. The lowest BCUT2D eigenvalue weighted by Gasteiger charge is -2.19. The van der Waals surface area contributed by atoms with Crippen LogP contribution in [0.4, 0.5) is 5.95 Å². The number of ether oxygens (including phenoxy) is 1. The molecule has 1 aromatic heterocycles. The van der Waals surface area contributed by atoms with Crippen LogP contribution < -0.4 is 10.6 Å². The van der Waals surface area contributed by atoms with E-state index in [0.29, 0.717) is 18.2 Å². The highest BCUT2D eigenvalue weighted by Crippen LogP contribution is 2.10. The quantitative estimate of drug-likeness (QED) is 0.541. The van der Waals surface area contributed by atoms with Crippen LogP contribution in [-0.2, 0) is 4.74 Å². The lowest BCUT2D eigenvalue weighted by atomic mass is 10.4. The Morgan fingerprint density at radius 2 is 2.31 bits per heavy atom. The van der Waals surface area contributed by atoms with Crippen molar-refractivity contribution < 1.29 is 4.74 Å². The highest BCUT2D eigenvalue weighted by atomic mass is 16.5. The van der Waals surface area contributed by atoms with Crippen molar-refractivity contribution in [3.63, 3.8) is 0 Å². The number of anilines is 1. The average Bonchev–Trinajstić information content (AvgIpc) is 2.57. The zero-order valence-electron chi connectivity index (χ0n) is 9.02. The Labute approximate surface area is 94.0 Å². The molecule has 16 heavy (non-hydrogen) atoms. The number of rotatable bonds is 2. The third kappa shape index (κ3) is 2.46. The summed E-state index contributed by atoms with van der Waals surface area (Å²) in [5, 5.41) is 7.33. The molecule has 0 radical (unpaired) electrons. The summed E-state index contributed by atoms with van der Waals surface area (Å²) in [7, 11) is 0. The Morgan fingerprint density at radius 1 is 1.44 bits per heavy atom. The van der Waals surface area contributed by atoms with Gasteiger partial charge < -0.3 is 15.4 Å². The number of nitrogen functional groups attached to an aromatic ring is 1. The van der Waals surface area contributed by atoms with E-state index in [2.05, 4.69) is 14.9 Å². The van der Waals surface area contributed by atoms with Gasteiger partial charge in [-0.2, -0.15) is 0 Å². The minimum Gasteiger partial charge on any atom is -0.382 e. The van der Waals surface area contributed by atoms with Crippen molar-refractivity contribution in [3.8, 4) is 0 Å². The Kier molecular flexibility index (Phi) is 3.31. The number of nitrogens with two attached hydrogens (primary N) is 1. The highest BCUT2D eigenvalue weighted by molar-refractivity contribution is 5.93. The Bertz CT molecular complexity index is 373. The first-order valence-electron chi connectivity index (χ1n) is 5.27. The van der Waals surface area contributed by atoms with Crippen LogP contribution in [0, 0.1) is 5.41 Å². The largest absolute Gasteiger partial charge is 0.382 e. The number of nitrogens with zero attached hydrogens (tertiary/aromatic N) is 3. The van der Waals surface area contributed by atoms with Gasteiger partial charge in [0, 0.05) is 25.9 Å². The molecule has 3 N–H and O–H groups in total. The first-order valence-corrected chi connectivity index (χ1v) is 5.27. The summed E-state index contributed by atoms with van der Waals surface area (Å²) in [5.41, 5.74) is 5.86. The van der Waals surface area contributed by atoms with Crippen LogP contribution in [0.15, 0.2) is 12.3 Å². The summed E-state index contributed by atoms with van der Waals surface area (Å²) in [6.07, 6.45) is 2.60. The van der Waals surface area contributed by atoms with Crippen LogP contribution in [0.25, 0.3) is 0 Å². The van der Waals surface area contributed by atoms with E-state index in [9.17, 15) is 0 Å². The van der Waals surface area contributed by atoms with E-state index in [4.69, 9.17) is 15.9 Å². The fourth-order valence-corrected chi connectivity index (χ4v) is 1.60. The third-order valence-corrected chi connectivity index (χ3v) is 2.42. The molecule has 0 aromatic carbocycles. The predicted molar refractivity (Wildman–Crippen MR) is 60.7 cm³/mol. The van der Waals surface area contributed by atoms with Crippen molar-refractivity contribution in [2.24, 2.45) is 5.73 Å². The number of amidine groups is 1. The smallest absolute Gasteiger partial charge is 0.226 e. The van der Waals surface area contributed by atoms with Crippen molar-refractivity contribution in [1.29, 1.82) is 5.41 Å². The lowest BCUT2D eigenvalue weighted by molar-refractivity contribution is 0.152. The van der Waals surface area contributed by atoms with Gasteiger partial charge in [0.15, 0.2) is 0 Å². The molecule has 6 heteroatoms. The third-order valence-electron chi connectivity index (χ3n) is 2.42. The lowest BCUT2D eigenvalue weighted by Crippen LogP contribution is -2.28. The number of hydrogen-bond donors (Lipinski definition) is 2. The fourth-order valence-electron chi connectivity index (χ4n) is 1.60. The molecule has 1 aliphatic heterocycles. The van der Waals surface area contributed by atoms with Gasteiger partial charge in [-0.05, 0) is 12.5 Å². The highest BCUT2D eigenvalue weighted by Gasteiger charge is 2.13. The van der Waals surface area contributed by atoms with Crippen LogP contribution >= 0.6 is 0 Å². The number of hydrogen-bond acceptors (Lipinski definition) is 5. The topological polar surface area (TPSA) is 88.1 Å². The van der Waals surface area contributed by atoms with E-state index in [0.717, 1.165) is 26.1 Å². The number of nitrogens with one attached hydrogen (secondary N) is 1. The maximum Gasteiger partial charge on any atom is 0.226 e. The zero-order chi connectivity index (χ0) is 11.4. The first kappa shape index (κ1) is 10.8. The molecule has 1 aliphatic rings. The summed E-state index contributed by atoms with van der Waals surface area (Å²) in [6.45, 7) is 3.12. The molecular formula is C10H15N5O. The summed E-state index contributed by atoms with van der Waals surface area (Å²) in [5.74, 6) is 0.591. The van der Waals surface area contributed by atoms with Gasteiger partial charge in [0.25, 0.3) is 0 Å². The van der Waals surface area contributed by atoms with Crippen LogP contribution in [-0.4, -0.2) is 42.1 Å². The molecule has 0 saturated carbocycles. The van der Waals surface area contributed by atoms with E-state index in [1.165, 1.54) is 0 Å². The molecule has 86 valence electrons. The van der Waals surface area contributed by atoms with E-state index >= 15 is 0 Å². The Hall–Kier alpha value is -1.69. The van der Waals surface area contributed by atoms with Crippen molar-refractivity contribution in [2.75, 3.05) is 31.2 Å². The second kappa shape index (κ2) is 4.89. The molecule has 1 fully saturated rings. The van der Waals surface area contributed by atoms with Crippen LogP contribution in [0.1, 0.15) is 12.1 Å². The van der Waals surface area contributed by atoms with Gasteiger partial charge >= 0.3 is 0 Å². The minimum atomic E-state index is -0.0327. The number of aromatic nitrogens is 2. The second-order valence-corrected chi connectivity index (χ2v) is 3.61. The molecular weight excluding hydrogens is 206 g/mol. The van der Waals surface area contributed by atoms with E-state index in [-0.39, 0.29) is 5.84 Å². The van der Waals surface area contributed by atoms with Gasteiger partial charge in [-0.1, -0.05) is 0 Å². The van der Waals surface area contributed by atoms with E-state index < -0.39 is 0 Å². The molecule has 0 spiro atoms. The van der Waals surface area contributed by atoms with Gasteiger partial charge in [-0.25, -0.2) is 9.97 Å². The monoisotopic (exact) mass is 221 g/mol. The van der Waals surface area contributed by atoms with Crippen LogP contribution in [0.5, 0.6) is 0 Å². The fraction of sp³-hybridized carbons (Fsp3) is 0.500. The van der Waals surface area contributed by atoms with Crippen molar-refractivity contribution >= 4 is 11.8 Å². The summed E-state index contributed by atoms with van der Waals surface area (Å²) in [4.78, 5) is 10.5.